The molecule has 1 aromatic rings. The van der Waals surface area contributed by atoms with Crippen molar-refractivity contribution in [3.05, 3.63) is 34.9 Å². The molecular formula is C15H23F2NO. The molecule has 1 aromatic carbocycles. The summed E-state index contributed by atoms with van der Waals surface area (Å²) in [6.07, 6.45) is -0.455. The Morgan fingerprint density at radius 3 is 2.32 bits per heavy atom. The molecule has 2 nitrogen and oxygen atoms in total. The molecule has 0 aliphatic carbocycles. The summed E-state index contributed by atoms with van der Waals surface area (Å²) in [6.45, 7) is 9.72. The van der Waals surface area contributed by atoms with Crippen LogP contribution in [-0.2, 0) is 4.74 Å². The number of nitrogens with two attached hydrogens (primary N) is 1. The smallest absolute Gasteiger partial charge is 0.133 e. The predicted octanol–water partition coefficient (Wildman–Crippen LogP) is 3.72. The summed E-state index contributed by atoms with van der Waals surface area (Å²) >= 11 is 0. The Morgan fingerprint density at radius 2 is 1.84 bits per heavy atom. The van der Waals surface area contributed by atoms with Gasteiger partial charge in [-0.05, 0) is 30.9 Å². The zero-order chi connectivity index (χ0) is 14.8. The van der Waals surface area contributed by atoms with Crippen LogP contribution in [0.1, 0.15) is 44.9 Å². The van der Waals surface area contributed by atoms with Gasteiger partial charge in [-0.25, -0.2) is 8.78 Å². The highest BCUT2D eigenvalue weighted by atomic mass is 19.1. The minimum Gasteiger partial charge on any atom is -0.376 e. The van der Waals surface area contributed by atoms with Gasteiger partial charge in [-0.3, -0.25) is 0 Å². The molecule has 2 unspecified atom stereocenters. The molecule has 0 heterocycles. The molecule has 0 saturated heterocycles. The van der Waals surface area contributed by atoms with Crippen LogP contribution in [0.25, 0.3) is 0 Å². The summed E-state index contributed by atoms with van der Waals surface area (Å²) in [4.78, 5) is 0. The number of hydrogen-bond donors (Lipinski definition) is 1. The summed E-state index contributed by atoms with van der Waals surface area (Å²) in [6, 6.07) is 1.83. The third-order valence-electron chi connectivity index (χ3n) is 3.18. The minimum atomic E-state index is -0.833. The van der Waals surface area contributed by atoms with Crippen molar-refractivity contribution < 1.29 is 13.5 Å². The fourth-order valence-corrected chi connectivity index (χ4v) is 2.21. The highest BCUT2D eigenvalue weighted by molar-refractivity contribution is 5.30. The molecular weight excluding hydrogens is 248 g/mol. The van der Waals surface area contributed by atoms with E-state index in [1.54, 1.807) is 6.92 Å². The lowest BCUT2D eigenvalue weighted by atomic mass is 9.81. The average molecular weight is 271 g/mol. The summed E-state index contributed by atoms with van der Waals surface area (Å²) in [5.74, 6) is -1.20. The van der Waals surface area contributed by atoms with Crippen molar-refractivity contribution in [1.82, 2.24) is 0 Å². The van der Waals surface area contributed by atoms with Crippen LogP contribution in [0.15, 0.2) is 12.1 Å². The Bertz CT molecular complexity index is 441. The van der Waals surface area contributed by atoms with Crippen molar-refractivity contribution in [2.45, 2.75) is 46.8 Å². The van der Waals surface area contributed by atoms with E-state index in [0.29, 0.717) is 12.2 Å². The first-order valence-corrected chi connectivity index (χ1v) is 6.51. The maximum absolute atomic E-state index is 14.1. The van der Waals surface area contributed by atoms with Gasteiger partial charge in [0.05, 0.1) is 12.1 Å². The fraction of sp³-hybridized carbons (Fsp3) is 0.600. The highest BCUT2D eigenvalue weighted by Gasteiger charge is 2.34. The van der Waals surface area contributed by atoms with Crippen LogP contribution in [0.4, 0.5) is 8.78 Å². The monoisotopic (exact) mass is 271 g/mol. The molecule has 0 bridgehead atoms. The van der Waals surface area contributed by atoms with Gasteiger partial charge in [-0.1, -0.05) is 26.8 Å². The molecule has 2 atom stereocenters. The van der Waals surface area contributed by atoms with E-state index in [2.05, 4.69) is 0 Å². The molecule has 19 heavy (non-hydrogen) atoms. The van der Waals surface area contributed by atoms with E-state index < -0.39 is 23.8 Å². The van der Waals surface area contributed by atoms with Crippen LogP contribution in [-0.4, -0.2) is 12.7 Å². The van der Waals surface area contributed by atoms with E-state index in [1.807, 2.05) is 27.7 Å². The lowest BCUT2D eigenvalue weighted by Crippen LogP contribution is -2.40. The van der Waals surface area contributed by atoms with Gasteiger partial charge < -0.3 is 10.5 Å². The van der Waals surface area contributed by atoms with Crippen LogP contribution < -0.4 is 5.73 Å². The van der Waals surface area contributed by atoms with Gasteiger partial charge in [0, 0.05) is 12.2 Å². The molecule has 0 aliphatic rings. The van der Waals surface area contributed by atoms with Crippen LogP contribution >= 0.6 is 0 Å². The quantitative estimate of drug-likeness (QED) is 0.905. The van der Waals surface area contributed by atoms with E-state index >= 15 is 0 Å². The van der Waals surface area contributed by atoms with Gasteiger partial charge in [0.15, 0.2) is 0 Å². The third kappa shape index (κ3) is 3.51. The van der Waals surface area contributed by atoms with E-state index in [9.17, 15) is 8.78 Å². The standard InChI is InChI=1S/C15H23F2NO/c1-6-19-14(15(3,4)5)13(18)11-10(16)8-7-9(2)12(11)17/h7-8,13-14H,6,18H2,1-5H3. The van der Waals surface area contributed by atoms with Crippen LogP contribution in [0.5, 0.6) is 0 Å². The zero-order valence-corrected chi connectivity index (χ0v) is 12.3. The van der Waals surface area contributed by atoms with E-state index in [1.165, 1.54) is 12.1 Å². The Balaban J connectivity index is 3.24. The van der Waals surface area contributed by atoms with E-state index in [-0.39, 0.29) is 11.0 Å². The Kier molecular flexibility index (Phi) is 5.04. The van der Waals surface area contributed by atoms with Crippen LogP contribution in [0.2, 0.25) is 0 Å². The fourth-order valence-electron chi connectivity index (χ4n) is 2.21. The third-order valence-corrected chi connectivity index (χ3v) is 3.18. The summed E-state index contributed by atoms with van der Waals surface area (Å²) < 4.78 is 33.6. The van der Waals surface area contributed by atoms with Gasteiger partial charge in [-0.15, -0.1) is 0 Å². The van der Waals surface area contributed by atoms with Crippen molar-refractivity contribution in [3.8, 4) is 0 Å². The molecule has 1 rings (SSSR count). The number of aryl methyl sites for hydroxylation is 1. The summed E-state index contributed by atoms with van der Waals surface area (Å²) in [5, 5.41) is 0. The first-order chi connectivity index (χ1) is 8.70. The molecule has 2 N–H and O–H groups in total. The summed E-state index contributed by atoms with van der Waals surface area (Å²) in [7, 11) is 0. The molecule has 0 fully saturated rings. The van der Waals surface area contributed by atoms with E-state index in [0.717, 1.165) is 0 Å². The largest absolute Gasteiger partial charge is 0.376 e. The maximum Gasteiger partial charge on any atom is 0.133 e. The normalized spacial score (nSPS) is 15.4. The number of rotatable bonds is 4. The van der Waals surface area contributed by atoms with Gasteiger partial charge in [0.1, 0.15) is 11.6 Å². The Hall–Kier alpha value is -1.00. The highest BCUT2D eigenvalue weighted by Crippen LogP contribution is 2.34. The van der Waals surface area contributed by atoms with Crippen molar-refractivity contribution >= 4 is 0 Å². The molecule has 0 aliphatic heterocycles. The van der Waals surface area contributed by atoms with Crippen molar-refractivity contribution in [1.29, 1.82) is 0 Å². The van der Waals surface area contributed by atoms with Gasteiger partial charge >= 0.3 is 0 Å². The second kappa shape index (κ2) is 5.97. The number of halogens is 2. The number of hydrogen-bond acceptors (Lipinski definition) is 2. The molecule has 0 aromatic heterocycles. The molecule has 0 radical (unpaired) electrons. The second-order valence-corrected chi connectivity index (χ2v) is 5.86. The average Bonchev–Trinajstić information content (AvgIpc) is 2.29. The topological polar surface area (TPSA) is 35.2 Å². The van der Waals surface area contributed by atoms with Gasteiger partial charge in [-0.2, -0.15) is 0 Å². The minimum absolute atomic E-state index is 0.0895. The predicted molar refractivity (Wildman–Crippen MR) is 72.9 cm³/mol. The number of benzene rings is 1. The Labute approximate surface area is 114 Å². The molecule has 0 saturated carbocycles. The first-order valence-electron chi connectivity index (χ1n) is 6.51. The zero-order valence-electron chi connectivity index (χ0n) is 12.3. The van der Waals surface area contributed by atoms with Gasteiger partial charge in [0.25, 0.3) is 0 Å². The maximum atomic E-state index is 14.1. The lowest BCUT2D eigenvalue weighted by Gasteiger charge is -2.35. The van der Waals surface area contributed by atoms with E-state index in [4.69, 9.17) is 10.5 Å². The van der Waals surface area contributed by atoms with Gasteiger partial charge in [0.2, 0.25) is 0 Å². The van der Waals surface area contributed by atoms with Crippen LogP contribution in [0.3, 0.4) is 0 Å². The second-order valence-electron chi connectivity index (χ2n) is 5.86. The van der Waals surface area contributed by atoms with Crippen LogP contribution in [0, 0.1) is 24.0 Å². The summed E-state index contributed by atoms with van der Waals surface area (Å²) in [5.41, 5.74) is 6.07. The Morgan fingerprint density at radius 1 is 1.26 bits per heavy atom. The number of ether oxygens (including phenoxy) is 1. The van der Waals surface area contributed by atoms with Crippen molar-refractivity contribution in [3.63, 3.8) is 0 Å². The molecule has 108 valence electrons. The molecule has 0 amide bonds. The molecule has 4 heteroatoms. The SMILES string of the molecule is CCOC(C(N)c1c(F)ccc(C)c1F)C(C)(C)C. The van der Waals surface area contributed by atoms with Crippen molar-refractivity contribution in [2.24, 2.45) is 11.1 Å². The molecule has 0 spiro atoms. The van der Waals surface area contributed by atoms with Crippen molar-refractivity contribution in [2.75, 3.05) is 6.61 Å². The lowest BCUT2D eigenvalue weighted by molar-refractivity contribution is -0.0295. The first kappa shape index (κ1) is 16.1.